The van der Waals surface area contributed by atoms with Crippen molar-refractivity contribution in [1.29, 1.82) is 0 Å². The first kappa shape index (κ1) is 17.9. The van der Waals surface area contributed by atoms with Gasteiger partial charge in [0.2, 0.25) is 11.8 Å². The zero-order valence-electron chi connectivity index (χ0n) is 13.2. The number of nitrogens with zero attached hydrogens (tertiary/aromatic N) is 2. The van der Waals surface area contributed by atoms with Crippen molar-refractivity contribution >= 4 is 11.8 Å². The summed E-state index contributed by atoms with van der Waals surface area (Å²) in [5.41, 5.74) is -0.239. The van der Waals surface area contributed by atoms with Crippen LogP contribution in [0.3, 0.4) is 0 Å². The summed E-state index contributed by atoms with van der Waals surface area (Å²) < 4.78 is 0. The predicted molar refractivity (Wildman–Crippen MR) is 77.9 cm³/mol. The Balaban J connectivity index is 3.97. The summed E-state index contributed by atoms with van der Waals surface area (Å²) in [7, 11) is 4.02. The van der Waals surface area contributed by atoms with Crippen molar-refractivity contribution in [2.75, 3.05) is 33.7 Å². The maximum Gasteiger partial charge on any atom is 0.221 e. The fourth-order valence-corrected chi connectivity index (χ4v) is 1.89. The Hall–Kier alpha value is -1.10. The van der Waals surface area contributed by atoms with Gasteiger partial charge in [0.05, 0.1) is 0 Å². The fourth-order valence-electron chi connectivity index (χ4n) is 1.89. The Labute approximate surface area is 117 Å². The molecule has 0 bridgehead atoms. The molecule has 0 rings (SSSR count). The van der Waals surface area contributed by atoms with E-state index in [9.17, 15) is 9.59 Å². The smallest absolute Gasteiger partial charge is 0.221 e. The molecule has 0 heterocycles. The molecule has 0 saturated carbocycles. The minimum atomic E-state index is -0.239. The quantitative estimate of drug-likeness (QED) is 0.705. The molecule has 0 aromatic heterocycles. The second-order valence-corrected chi connectivity index (χ2v) is 6.10. The SMILES string of the molecule is CC(=O)N(CCC(=O)NCCCN(C)C)C(C)(C)C. The van der Waals surface area contributed by atoms with Crippen molar-refractivity contribution in [3.05, 3.63) is 0 Å². The average Bonchev–Trinajstić information content (AvgIpc) is 2.21. The lowest BCUT2D eigenvalue weighted by Crippen LogP contribution is -2.46. The summed E-state index contributed by atoms with van der Waals surface area (Å²) in [5.74, 6) is 0.0159. The Morgan fingerprint density at radius 1 is 1.11 bits per heavy atom. The number of carbonyl (C=O) groups is 2. The van der Waals surface area contributed by atoms with Gasteiger partial charge in [0, 0.05) is 32.0 Å². The maximum atomic E-state index is 11.7. The fraction of sp³-hybridized carbons (Fsp3) is 0.857. The van der Waals surface area contributed by atoms with Gasteiger partial charge >= 0.3 is 0 Å². The van der Waals surface area contributed by atoms with Gasteiger partial charge in [-0.3, -0.25) is 9.59 Å². The van der Waals surface area contributed by atoms with E-state index in [0.717, 1.165) is 13.0 Å². The van der Waals surface area contributed by atoms with E-state index in [1.165, 1.54) is 0 Å². The van der Waals surface area contributed by atoms with Crippen LogP contribution in [0.2, 0.25) is 0 Å². The van der Waals surface area contributed by atoms with E-state index in [-0.39, 0.29) is 17.4 Å². The van der Waals surface area contributed by atoms with Crippen LogP contribution in [0.1, 0.15) is 40.5 Å². The first-order valence-corrected chi connectivity index (χ1v) is 6.84. The topological polar surface area (TPSA) is 52.7 Å². The lowest BCUT2D eigenvalue weighted by molar-refractivity contribution is -0.134. The van der Waals surface area contributed by atoms with Gasteiger partial charge in [-0.1, -0.05) is 0 Å². The van der Waals surface area contributed by atoms with Crippen LogP contribution in [0.25, 0.3) is 0 Å². The molecular formula is C14H29N3O2. The van der Waals surface area contributed by atoms with Gasteiger partial charge in [-0.05, 0) is 47.8 Å². The molecule has 0 aromatic rings. The largest absolute Gasteiger partial charge is 0.356 e. The van der Waals surface area contributed by atoms with Crippen molar-refractivity contribution in [2.45, 2.75) is 46.1 Å². The molecule has 0 aromatic carbocycles. The summed E-state index contributed by atoms with van der Waals surface area (Å²) in [5, 5.41) is 2.88. The number of rotatable bonds is 7. The van der Waals surface area contributed by atoms with Gasteiger partial charge < -0.3 is 15.1 Å². The Kier molecular flexibility index (Phi) is 7.68. The van der Waals surface area contributed by atoms with Crippen molar-refractivity contribution in [1.82, 2.24) is 15.1 Å². The second kappa shape index (κ2) is 8.15. The van der Waals surface area contributed by atoms with Gasteiger partial charge in [-0.25, -0.2) is 0 Å². The third kappa shape index (κ3) is 8.59. The molecule has 0 atom stereocenters. The Morgan fingerprint density at radius 2 is 1.68 bits per heavy atom. The van der Waals surface area contributed by atoms with E-state index in [1.807, 2.05) is 34.9 Å². The first-order chi connectivity index (χ1) is 8.64. The summed E-state index contributed by atoms with van der Waals surface area (Å²) in [6.07, 6.45) is 1.30. The standard InChI is InChI=1S/C14H29N3O2/c1-12(18)17(14(2,3)4)11-8-13(19)15-9-7-10-16(5)6/h7-11H2,1-6H3,(H,15,19). The highest BCUT2D eigenvalue weighted by molar-refractivity contribution is 5.78. The molecule has 0 aliphatic heterocycles. The molecule has 5 nitrogen and oxygen atoms in total. The molecule has 5 heteroatoms. The number of carbonyl (C=O) groups excluding carboxylic acids is 2. The molecule has 0 saturated heterocycles. The van der Waals surface area contributed by atoms with Crippen LogP contribution in [0.15, 0.2) is 0 Å². The van der Waals surface area contributed by atoms with Crippen LogP contribution in [0, 0.1) is 0 Å². The molecule has 0 radical (unpaired) electrons. The molecule has 1 N–H and O–H groups in total. The van der Waals surface area contributed by atoms with Crippen LogP contribution in [-0.2, 0) is 9.59 Å². The lowest BCUT2D eigenvalue weighted by atomic mass is 10.1. The van der Waals surface area contributed by atoms with E-state index in [1.54, 1.807) is 11.8 Å². The van der Waals surface area contributed by atoms with E-state index in [2.05, 4.69) is 10.2 Å². The van der Waals surface area contributed by atoms with E-state index < -0.39 is 0 Å². The molecule has 0 fully saturated rings. The molecule has 19 heavy (non-hydrogen) atoms. The monoisotopic (exact) mass is 271 g/mol. The van der Waals surface area contributed by atoms with Gasteiger partial charge in [0.25, 0.3) is 0 Å². The van der Waals surface area contributed by atoms with Crippen molar-refractivity contribution in [3.8, 4) is 0 Å². The summed E-state index contributed by atoms with van der Waals surface area (Å²) in [6.45, 7) is 9.59. The number of amides is 2. The van der Waals surface area contributed by atoms with E-state index >= 15 is 0 Å². The Morgan fingerprint density at radius 3 is 2.11 bits per heavy atom. The summed E-state index contributed by atoms with van der Waals surface area (Å²) >= 11 is 0. The highest BCUT2D eigenvalue weighted by atomic mass is 16.2. The van der Waals surface area contributed by atoms with Gasteiger partial charge in [-0.2, -0.15) is 0 Å². The summed E-state index contributed by atoms with van der Waals surface area (Å²) in [4.78, 5) is 27.0. The van der Waals surface area contributed by atoms with Crippen molar-refractivity contribution in [2.24, 2.45) is 0 Å². The maximum absolute atomic E-state index is 11.7. The molecule has 2 amide bonds. The zero-order chi connectivity index (χ0) is 15.1. The van der Waals surface area contributed by atoms with Gasteiger partial charge in [0.1, 0.15) is 0 Å². The predicted octanol–water partition coefficient (Wildman–Crippen LogP) is 1.09. The first-order valence-electron chi connectivity index (χ1n) is 6.84. The zero-order valence-corrected chi connectivity index (χ0v) is 13.2. The highest BCUT2D eigenvalue weighted by Gasteiger charge is 2.23. The molecule has 0 aliphatic carbocycles. The van der Waals surface area contributed by atoms with Crippen LogP contribution >= 0.6 is 0 Å². The Bertz CT molecular complexity index is 296. The molecular weight excluding hydrogens is 242 g/mol. The van der Waals surface area contributed by atoms with E-state index in [0.29, 0.717) is 19.5 Å². The van der Waals surface area contributed by atoms with Crippen LogP contribution in [0.4, 0.5) is 0 Å². The molecule has 112 valence electrons. The van der Waals surface area contributed by atoms with Crippen molar-refractivity contribution in [3.63, 3.8) is 0 Å². The van der Waals surface area contributed by atoms with Crippen LogP contribution in [0.5, 0.6) is 0 Å². The highest BCUT2D eigenvalue weighted by Crippen LogP contribution is 2.13. The molecule has 0 spiro atoms. The molecule has 0 unspecified atom stereocenters. The lowest BCUT2D eigenvalue weighted by Gasteiger charge is -2.34. The third-order valence-electron chi connectivity index (χ3n) is 2.86. The number of hydrogen-bond donors (Lipinski definition) is 1. The van der Waals surface area contributed by atoms with Crippen LogP contribution in [-0.4, -0.2) is 60.9 Å². The molecule has 0 aliphatic rings. The minimum absolute atomic E-state index is 0.00732. The minimum Gasteiger partial charge on any atom is -0.356 e. The number of hydrogen-bond acceptors (Lipinski definition) is 3. The van der Waals surface area contributed by atoms with E-state index in [4.69, 9.17) is 0 Å². The average molecular weight is 271 g/mol. The number of nitrogens with one attached hydrogen (secondary N) is 1. The van der Waals surface area contributed by atoms with Gasteiger partial charge in [-0.15, -0.1) is 0 Å². The third-order valence-corrected chi connectivity index (χ3v) is 2.86. The normalized spacial score (nSPS) is 11.5. The van der Waals surface area contributed by atoms with Crippen LogP contribution < -0.4 is 5.32 Å². The van der Waals surface area contributed by atoms with Gasteiger partial charge in [0.15, 0.2) is 0 Å². The second-order valence-electron chi connectivity index (χ2n) is 6.10. The van der Waals surface area contributed by atoms with Crippen molar-refractivity contribution < 1.29 is 9.59 Å². The summed E-state index contributed by atoms with van der Waals surface area (Å²) in [6, 6.07) is 0.